The molecular weight excluding hydrogens is 148 g/mol. The summed E-state index contributed by atoms with van der Waals surface area (Å²) < 4.78 is 0. The van der Waals surface area contributed by atoms with Gasteiger partial charge in [-0.05, 0) is 12.5 Å². The molecule has 2 aliphatic rings. The van der Waals surface area contributed by atoms with Crippen molar-refractivity contribution in [2.24, 2.45) is 0 Å². The topological polar surface area (TPSA) is 15.3 Å². The van der Waals surface area contributed by atoms with Crippen molar-refractivity contribution in [2.45, 2.75) is 6.42 Å². The van der Waals surface area contributed by atoms with Gasteiger partial charge in [0, 0.05) is 31.5 Å². The summed E-state index contributed by atoms with van der Waals surface area (Å²) in [5.41, 5.74) is 1.45. The summed E-state index contributed by atoms with van der Waals surface area (Å²) in [5, 5.41) is 3.31. The van der Waals surface area contributed by atoms with E-state index < -0.39 is 0 Å². The summed E-state index contributed by atoms with van der Waals surface area (Å²) in [6.07, 6.45) is 11.9. The van der Waals surface area contributed by atoms with Crippen LogP contribution in [-0.4, -0.2) is 24.5 Å². The fourth-order valence-electron chi connectivity index (χ4n) is 1.55. The van der Waals surface area contributed by atoms with E-state index in [2.05, 4.69) is 40.7 Å². The molecule has 1 N–H and O–H groups in total. The van der Waals surface area contributed by atoms with Gasteiger partial charge >= 0.3 is 0 Å². The molecule has 64 valence electrons. The van der Waals surface area contributed by atoms with Gasteiger partial charge in [-0.1, -0.05) is 18.2 Å². The van der Waals surface area contributed by atoms with Crippen molar-refractivity contribution in [1.82, 2.24) is 10.2 Å². The largest absolute Gasteiger partial charge is 0.348 e. The fourth-order valence-corrected chi connectivity index (χ4v) is 1.55. The third kappa shape index (κ3) is 1.59. The predicted octanol–water partition coefficient (Wildman–Crippen LogP) is 1.25. The molecule has 0 aromatic heterocycles. The van der Waals surface area contributed by atoms with E-state index in [-0.39, 0.29) is 0 Å². The molecule has 2 nitrogen and oxygen atoms in total. The Kier molecular flexibility index (Phi) is 2.28. The van der Waals surface area contributed by atoms with Gasteiger partial charge in [0.05, 0.1) is 0 Å². The molecule has 0 unspecified atom stereocenters. The van der Waals surface area contributed by atoms with Crippen LogP contribution in [0.1, 0.15) is 6.42 Å². The third-order valence-corrected chi connectivity index (χ3v) is 2.22. The van der Waals surface area contributed by atoms with E-state index in [1.807, 2.05) is 0 Å². The minimum atomic E-state index is 1.02. The molecule has 0 bridgehead atoms. The maximum Gasteiger partial charge on any atom is 0.0405 e. The first-order valence-corrected chi connectivity index (χ1v) is 4.46. The van der Waals surface area contributed by atoms with Crippen molar-refractivity contribution >= 4 is 0 Å². The van der Waals surface area contributed by atoms with Crippen LogP contribution in [0, 0.1) is 0 Å². The summed E-state index contributed by atoms with van der Waals surface area (Å²) in [4.78, 5) is 2.31. The highest BCUT2D eigenvalue weighted by Gasteiger charge is 2.08. The Labute approximate surface area is 73.3 Å². The number of nitrogens with zero attached hydrogens (tertiary/aromatic N) is 1. The lowest BCUT2D eigenvalue weighted by molar-refractivity contribution is 0.466. The maximum absolute atomic E-state index is 3.31. The van der Waals surface area contributed by atoms with Crippen LogP contribution in [0.3, 0.4) is 0 Å². The van der Waals surface area contributed by atoms with Crippen molar-refractivity contribution in [2.75, 3.05) is 19.6 Å². The van der Waals surface area contributed by atoms with Gasteiger partial charge in [-0.15, -0.1) is 0 Å². The van der Waals surface area contributed by atoms with Crippen LogP contribution < -0.4 is 5.32 Å². The maximum atomic E-state index is 3.31. The molecule has 0 saturated carbocycles. The molecule has 0 radical (unpaired) electrons. The van der Waals surface area contributed by atoms with Crippen LogP contribution in [0.25, 0.3) is 0 Å². The summed E-state index contributed by atoms with van der Waals surface area (Å²) in [6.45, 7) is 3.16. The predicted molar refractivity (Wildman–Crippen MR) is 50.6 cm³/mol. The Bertz CT molecular complexity index is 238. The van der Waals surface area contributed by atoms with Gasteiger partial charge in [0.1, 0.15) is 0 Å². The van der Waals surface area contributed by atoms with Crippen molar-refractivity contribution in [3.05, 3.63) is 36.2 Å². The second kappa shape index (κ2) is 3.59. The minimum Gasteiger partial charge on any atom is -0.348 e. The lowest BCUT2D eigenvalue weighted by Gasteiger charge is -2.26. The second-order valence-electron chi connectivity index (χ2n) is 3.07. The smallest absolute Gasteiger partial charge is 0.0405 e. The van der Waals surface area contributed by atoms with Gasteiger partial charge in [0.15, 0.2) is 0 Å². The lowest BCUT2D eigenvalue weighted by Crippen LogP contribution is -2.28. The van der Waals surface area contributed by atoms with Crippen molar-refractivity contribution in [3.8, 4) is 0 Å². The molecule has 0 aromatic rings. The van der Waals surface area contributed by atoms with E-state index >= 15 is 0 Å². The van der Waals surface area contributed by atoms with Crippen LogP contribution in [0.4, 0.5) is 0 Å². The second-order valence-corrected chi connectivity index (χ2v) is 3.07. The Morgan fingerprint density at radius 2 is 2.33 bits per heavy atom. The highest BCUT2D eigenvalue weighted by molar-refractivity contribution is 5.17. The van der Waals surface area contributed by atoms with Crippen LogP contribution in [0.5, 0.6) is 0 Å². The van der Waals surface area contributed by atoms with Crippen LogP contribution in [0.2, 0.25) is 0 Å². The average Bonchev–Trinajstić information content (AvgIpc) is 2.21. The van der Waals surface area contributed by atoms with Crippen molar-refractivity contribution in [1.29, 1.82) is 0 Å². The Morgan fingerprint density at radius 1 is 1.33 bits per heavy atom. The number of rotatable bonds is 1. The van der Waals surface area contributed by atoms with Crippen LogP contribution in [0.15, 0.2) is 36.2 Å². The SMILES string of the molecule is C1=CCN(C2=CCNCC2)C=C1. The zero-order chi connectivity index (χ0) is 8.23. The molecule has 0 atom stereocenters. The summed E-state index contributed by atoms with van der Waals surface area (Å²) in [5.74, 6) is 0. The molecular formula is C10H14N2. The molecule has 2 heterocycles. The van der Waals surface area contributed by atoms with E-state index in [1.165, 1.54) is 5.70 Å². The first-order chi connectivity index (χ1) is 5.97. The van der Waals surface area contributed by atoms with Crippen LogP contribution in [-0.2, 0) is 0 Å². The normalized spacial score (nSPS) is 22.7. The summed E-state index contributed by atoms with van der Waals surface area (Å²) in [6, 6.07) is 0. The third-order valence-electron chi connectivity index (χ3n) is 2.22. The molecule has 0 saturated heterocycles. The summed E-state index contributed by atoms with van der Waals surface area (Å²) in [7, 11) is 0. The van der Waals surface area contributed by atoms with E-state index in [0.717, 1.165) is 26.1 Å². The van der Waals surface area contributed by atoms with Gasteiger partial charge in [-0.2, -0.15) is 0 Å². The highest BCUT2D eigenvalue weighted by atomic mass is 15.1. The summed E-state index contributed by atoms with van der Waals surface area (Å²) >= 11 is 0. The monoisotopic (exact) mass is 162 g/mol. The molecule has 12 heavy (non-hydrogen) atoms. The van der Waals surface area contributed by atoms with Gasteiger partial charge in [0.2, 0.25) is 0 Å². The Balaban J connectivity index is 2.03. The minimum absolute atomic E-state index is 1.02. The Hall–Kier alpha value is -1.02. The van der Waals surface area contributed by atoms with Crippen molar-refractivity contribution in [3.63, 3.8) is 0 Å². The Morgan fingerprint density at radius 3 is 3.00 bits per heavy atom. The molecule has 2 rings (SSSR count). The highest BCUT2D eigenvalue weighted by Crippen LogP contribution is 2.13. The average molecular weight is 162 g/mol. The molecule has 0 aromatic carbocycles. The number of allylic oxidation sites excluding steroid dienone is 2. The molecule has 0 aliphatic carbocycles. The number of nitrogens with one attached hydrogen (secondary N) is 1. The number of hydrogen-bond donors (Lipinski definition) is 1. The molecule has 0 amide bonds. The quantitative estimate of drug-likeness (QED) is 0.624. The van der Waals surface area contributed by atoms with E-state index in [1.54, 1.807) is 0 Å². The molecule has 0 fully saturated rings. The first kappa shape index (κ1) is 7.62. The zero-order valence-electron chi connectivity index (χ0n) is 7.16. The lowest BCUT2D eigenvalue weighted by atomic mass is 10.2. The first-order valence-electron chi connectivity index (χ1n) is 4.46. The van der Waals surface area contributed by atoms with Crippen LogP contribution >= 0.6 is 0 Å². The van der Waals surface area contributed by atoms with Gasteiger partial charge < -0.3 is 10.2 Å². The molecule has 2 heteroatoms. The number of hydrogen-bond acceptors (Lipinski definition) is 2. The van der Waals surface area contributed by atoms with Crippen molar-refractivity contribution < 1.29 is 0 Å². The molecule has 0 spiro atoms. The van der Waals surface area contributed by atoms with E-state index in [4.69, 9.17) is 0 Å². The zero-order valence-corrected chi connectivity index (χ0v) is 7.16. The fraction of sp³-hybridized carbons (Fsp3) is 0.400. The van der Waals surface area contributed by atoms with E-state index in [9.17, 15) is 0 Å². The van der Waals surface area contributed by atoms with E-state index in [0.29, 0.717) is 0 Å². The van der Waals surface area contributed by atoms with Gasteiger partial charge in [0.25, 0.3) is 0 Å². The van der Waals surface area contributed by atoms with Gasteiger partial charge in [-0.25, -0.2) is 0 Å². The standard InChI is InChI=1S/C10H14N2/c1-2-8-12(9-3-1)10-4-6-11-7-5-10/h1-4,8,11H,5-7,9H2. The molecule has 2 aliphatic heterocycles. The van der Waals surface area contributed by atoms with Gasteiger partial charge in [-0.3, -0.25) is 0 Å².